The number of alkyl halides is 1. The molecule has 0 aromatic heterocycles. The van der Waals surface area contributed by atoms with Gasteiger partial charge in [-0.05, 0) is 18.4 Å². The van der Waals surface area contributed by atoms with Gasteiger partial charge in [-0.2, -0.15) is 0 Å². The van der Waals surface area contributed by atoms with E-state index in [9.17, 15) is 4.79 Å². The summed E-state index contributed by atoms with van der Waals surface area (Å²) >= 11 is 7.53. The second-order valence-electron chi connectivity index (χ2n) is 4.45. The summed E-state index contributed by atoms with van der Waals surface area (Å²) in [6, 6.07) is 0. The minimum Gasteiger partial charge on any atom is -0.285 e. The van der Waals surface area contributed by atoms with E-state index in [2.05, 4.69) is 6.92 Å². The van der Waals surface area contributed by atoms with Crippen molar-refractivity contribution in [2.45, 2.75) is 57.1 Å². The number of hydrogen-bond donors (Lipinski definition) is 0. The van der Waals surface area contributed by atoms with Crippen LogP contribution in [0, 0.1) is 5.92 Å². The molecule has 1 amide bonds. The fraction of sp³-hybridized carbons (Fsp3) is 0.917. The second kappa shape index (κ2) is 7.44. The van der Waals surface area contributed by atoms with Gasteiger partial charge in [-0.25, -0.2) is 0 Å². The largest absolute Gasteiger partial charge is 0.285 e. The van der Waals surface area contributed by atoms with Crippen molar-refractivity contribution in [1.82, 2.24) is 4.31 Å². The standard InChI is InChI=1S/C12H22ClNOS/c1-3-4-5-6-7-8-9-14-12(15)10(2)11(13)16-14/h10-11H,3-9H2,1-2H3. The van der Waals surface area contributed by atoms with Crippen molar-refractivity contribution in [3.05, 3.63) is 0 Å². The fourth-order valence-corrected chi connectivity index (χ4v) is 3.25. The van der Waals surface area contributed by atoms with Gasteiger partial charge in [0.2, 0.25) is 5.91 Å². The summed E-state index contributed by atoms with van der Waals surface area (Å²) in [7, 11) is 0. The van der Waals surface area contributed by atoms with Crippen molar-refractivity contribution in [2.75, 3.05) is 6.54 Å². The fourth-order valence-electron chi connectivity index (χ4n) is 1.80. The molecule has 0 aliphatic carbocycles. The van der Waals surface area contributed by atoms with Gasteiger partial charge in [0.15, 0.2) is 0 Å². The van der Waals surface area contributed by atoms with Gasteiger partial charge in [0.05, 0.1) is 5.92 Å². The molecule has 1 saturated heterocycles. The van der Waals surface area contributed by atoms with Crippen LogP contribution in [0.4, 0.5) is 0 Å². The smallest absolute Gasteiger partial charge is 0.237 e. The lowest BCUT2D eigenvalue weighted by atomic mass is 10.1. The first-order valence-electron chi connectivity index (χ1n) is 6.29. The molecule has 1 fully saturated rings. The van der Waals surface area contributed by atoms with Crippen LogP contribution in [0.1, 0.15) is 52.4 Å². The lowest BCUT2D eigenvalue weighted by Crippen LogP contribution is -2.23. The maximum absolute atomic E-state index is 11.7. The van der Waals surface area contributed by atoms with E-state index in [-0.39, 0.29) is 16.5 Å². The maximum atomic E-state index is 11.7. The Hall–Kier alpha value is 0.110. The van der Waals surface area contributed by atoms with Gasteiger partial charge in [-0.15, -0.1) is 11.6 Å². The Balaban J connectivity index is 2.08. The summed E-state index contributed by atoms with van der Waals surface area (Å²) < 4.78 is 1.79. The van der Waals surface area contributed by atoms with Crippen LogP contribution in [0.25, 0.3) is 0 Å². The first-order chi connectivity index (χ1) is 7.66. The molecule has 0 aromatic rings. The summed E-state index contributed by atoms with van der Waals surface area (Å²) in [6.07, 6.45) is 7.57. The summed E-state index contributed by atoms with van der Waals surface area (Å²) in [5.74, 6) is 0.185. The normalized spacial score (nSPS) is 25.4. The van der Waals surface area contributed by atoms with E-state index in [0.717, 1.165) is 13.0 Å². The molecule has 1 heterocycles. The summed E-state index contributed by atoms with van der Waals surface area (Å²) in [4.78, 5) is 11.7. The average Bonchev–Trinajstić information content (AvgIpc) is 2.51. The highest BCUT2D eigenvalue weighted by atomic mass is 35.5. The van der Waals surface area contributed by atoms with Crippen molar-refractivity contribution in [1.29, 1.82) is 0 Å². The zero-order valence-electron chi connectivity index (χ0n) is 10.2. The van der Waals surface area contributed by atoms with Gasteiger partial charge in [-0.3, -0.25) is 9.10 Å². The molecule has 16 heavy (non-hydrogen) atoms. The molecular weight excluding hydrogens is 242 g/mol. The molecule has 0 radical (unpaired) electrons. The number of halogens is 1. The van der Waals surface area contributed by atoms with E-state index in [1.165, 1.54) is 44.1 Å². The molecule has 94 valence electrons. The molecule has 2 unspecified atom stereocenters. The highest BCUT2D eigenvalue weighted by Gasteiger charge is 2.36. The van der Waals surface area contributed by atoms with E-state index in [1.807, 2.05) is 11.2 Å². The van der Waals surface area contributed by atoms with Gasteiger partial charge >= 0.3 is 0 Å². The quantitative estimate of drug-likeness (QED) is 0.393. The average molecular weight is 264 g/mol. The molecule has 1 aliphatic heterocycles. The number of rotatable bonds is 7. The molecule has 0 N–H and O–H groups in total. The minimum absolute atomic E-state index is 0.0215. The Labute approximate surface area is 108 Å². The highest BCUT2D eigenvalue weighted by molar-refractivity contribution is 7.99. The van der Waals surface area contributed by atoms with Crippen LogP contribution in [0.3, 0.4) is 0 Å². The maximum Gasteiger partial charge on any atom is 0.237 e. The van der Waals surface area contributed by atoms with Crippen LogP contribution in [0.15, 0.2) is 0 Å². The molecule has 4 heteroatoms. The third kappa shape index (κ3) is 4.17. The third-order valence-corrected chi connectivity index (χ3v) is 4.81. The van der Waals surface area contributed by atoms with Crippen molar-refractivity contribution < 1.29 is 4.79 Å². The Morgan fingerprint density at radius 2 is 1.88 bits per heavy atom. The number of carbonyl (C=O) groups excluding carboxylic acids is 1. The van der Waals surface area contributed by atoms with E-state index in [4.69, 9.17) is 11.6 Å². The van der Waals surface area contributed by atoms with Crippen LogP contribution in [-0.4, -0.2) is 21.5 Å². The molecule has 2 atom stereocenters. The Kier molecular flexibility index (Phi) is 6.59. The first kappa shape index (κ1) is 14.2. The minimum atomic E-state index is -0.0624. The SMILES string of the molecule is CCCCCCCCN1SC(Cl)C(C)C1=O. The summed E-state index contributed by atoms with van der Waals surface area (Å²) in [5, 5.41) is 0. The van der Waals surface area contributed by atoms with E-state index >= 15 is 0 Å². The third-order valence-electron chi connectivity index (χ3n) is 2.97. The Bertz CT molecular complexity index is 225. The molecule has 0 bridgehead atoms. The summed E-state index contributed by atoms with van der Waals surface area (Å²) in [6.45, 7) is 5.00. The van der Waals surface area contributed by atoms with Gasteiger partial charge in [0.25, 0.3) is 0 Å². The van der Waals surface area contributed by atoms with Gasteiger partial charge in [0.1, 0.15) is 4.71 Å². The zero-order valence-corrected chi connectivity index (χ0v) is 11.8. The van der Waals surface area contributed by atoms with Gasteiger partial charge in [-0.1, -0.05) is 46.0 Å². The van der Waals surface area contributed by atoms with Gasteiger partial charge < -0.3 is 0 Å². The first-order valence-corrected chi connectivity index (χ1v) is 7.56. The van der Waals surface area contributed by atoms with Crippen molar-refractivity contribution in [3.63, 3.8) is 0 Å². The van der Waals surface area contributed by atoms with Crippen LogP contribution in [0.5, 0.6) is 0 Å². The van der Waals surface area contributed by atoms with Crippen molar-refractivity contribution >= 4 is 29.5 Å². The molecule has 0 aromatic carbocycles. The number of carbonyl (C=O) groups is 1. The Morgan fingerprint density at radius 3 is 2.44 bits per heavy atom. The molecular formula is C12H22ClNOS. The van der Waals surface area contributed by atoms with E-state index in [1.54, 1.807) is 0 Å². The molecule has 0 spiro atoms. The number of amides is 1. The monoisotopic (exact) mass is 263 g/mol. The Morgan fingerprint density at radius 1 is 1.25 bits per heavy atom. The lowest BCUT2D eigenvalue weighted by Gasteiger charge is -2.13. The predicted molar refractivity (Wildman–Crippen MR) is 71.5 cm³/mol. The molecule has 1 aliphatic rings. The van der Waals surface area contributed by atoms with Crippen LogP contribution in [0.2, 0.25) is 0 Å². The van der Waals surface area contributed by atoms with Crippen LogP contribution >= 0.6 is 23.5 Å². The molecule has 0 saturated carbocycles. The highest BCUT2D eigenvalue weighted by Crippen LogP contribution is 2.36. The second-order valence-corrected chi connectivity index (χ2v) is 6.34. The topological polar surface area (TPSA) is 20.3 Å². The van der Waals surface area contributed by atoms with E-state index in [0.29, 0.717) is 0 Å². The number of hydrogen-bond acceptors (Lipinski definition) is 2. The molecule has 2 nitrogen and oxygen atoms in total. The molecule has 1 rings (SSSR count). The van der Waals surface area contributed by atoms with Gasteiger partial charge in [0, 0.05) is 6.54 Å². The lowest BCUT2D eigenvalue weighted by molar-refractivity contribution is -0.128. The van der Waals surface area contributed by atoms with Crippen molar-refractivity contribution in [3.8, 4) is 0 Å². The van der Waals surface area contributed by atoms with E-state index < -0.39 is 0 Å². The van der Waals surface area contributed by atoms with Crippen LogP contribution < -0.4 is 0 Å². The number of nitrogens with zero attached hydrogens (tertiary/aromatic N) is 1. The number of unbranched alkanes of at least 4 members (excludes halogenated alkanes) is 5. The zero-order chi connectivity index (χ0) is 12.0. The van der Waals surface area contributed by atoms with Crippen molar-refractivity contribution in [2.24, 2.45) is 5.92 Å². The van der Waals surface area contributed by atoms with Crippen LogP contribution in [-0.2, 0) is 4.79 Å². The summed E-state index contributed by atoms with van der Waals surface area (Å²) in [5.41, 5.74) is 0. The predicted octanol–water partition coefficient (Wildman–Crippen LogP) is 4.04.